The van der Waals surface area contributed by atoms with Crippen molar-refractivity contribution in [1.82, 2.24) is 0 Å². The maximum absolute atomic E-state index is 14.3. The quantitative estimate of drug-likeness (QED) is 0.268. The van der Waals surface area contributed by atoms with Crippen molar-refractivity contribution in [3.8, 4) is 5.75 Å². The number of hydrogen-bond acceptors (Lipinski definition) is 1. The second kappa shape index (κ2) is 12.7. The molecule has 184 valence electrons. The van der Waals surface area contributed by atoms with Crippen LogP contribution in [0, 0.1) is 17.7 Å². The van der Waals surface area contributed by atoms with Crippen molar-refractivity contribution >= 4 is 12.2 Å². The fourth-order valence-electron chi connectivity index (χ4n) is 5.43. The Labute approximate surface area is 211 Å². The first-order valence-corrected chi connectivity index (χ1v) is 13.3. The van der Waals surface area contributed by atoms with Crippen molar-refractivity contribution in [2.75, 3.05) is 6.61 Å². The van der Waals surface area contributed by atoms with E-state index in [0.717, 1.165) is 23.8 Å². The molecule has 3 aromatic rings. The van der Waals surface area contributed by atoms with Crippen LogP contribution in [0.4, 0.5) is 4.39 Å². The maximum atomic E-state index is 14.3. The molecule has 0 saturated heterocycles. The lowest BCUT2D eigenvalue weighted by Crippen LogP contribution is -2.16. The molecule has 0 spiro atoms. The minimum atomic E-state index is -0.256. The van der Waals surface area contributed by atoms with Gasteiger partial charge in [0, 0.05) is 11.6 Å². The fraction of sp³-hybridized carbons (Fsp3) is 0.394. The van der Waals surface area contributed by atoms with Crippen LogP contribution in [0.25, 0.3) is 12.2 Å². The molecule has 35 heavy (non-hydrogen) atoms. The van der Waals surface area contributed by atoms with Crippen molar-refractivity contribution in [3.05, 3.63) is 101 Å². The summed E-state index contributed by atoms with van der Waals surface area (Å²) in [5, 5.41) is 0. The highest BCUT2D eigenvalue weighted by Crippen LogP contribution is 2.37. The van der Waals surface area contributed by atoms with E-state index >= 15 is 0 Å². The van der Waals surface area contributed by atoms with Gasteiger partial charge in [-0.05, 0) is 72.8 Å². The molecule has 0 heterocycles. The zero-order valence-corrected chi connectivity index (χ0v) is 21.3. The molecule has 0 bridgehead atoms. The van der Waals surface area contributed by atoms with Gasteiger partial charge in [-0.1, -0.05) is 99.4 Å². The molecular weight excluding hydrogens is 431 g/mol. The van der Waals surface area contributed by atoms with Gasteiger partial charge in [0.25, 0.3) is 0 Å². The van der Waals surface area contributed by atoms with Gasteiger partial charge < -0.3 is 4.74 Å². The molecule has 2 heteroatoms. The van der Waals surface area contributed by atoms with E-state index in [-0.39, 0.29) is 5.82 Å². The summed E-state index contributed by atoms with van der Waals surface area (Å²) >= 11 is 0. The first-order chi connectivity index (χ1) is 17.1. The van der Waals surface area contributed by atoms with Gasteiger partial charge in [0.2, 0.25) is 0 Å². The first kappa shape index (κ1) is 25.2. The summed E-state index contributed by atoms with van der Waals surface area (Å²) in [5.74, 6) is 2.72. The minimum absolute atomic E-state index is 0.256. The van der Waals surface area contributed by atoms with E-state index in [4.69, 9.17) is 4.74 Å². The molecule has 0 unspecified atom stereocenters. The largest absolute Gasteiger partial charge is 0.494 e. The van der Waals surface area contributed by atoms with Crippen LogP contribution in [0.3, 0.4) is 0 Å². The van der Waals surface area contributed by atoms with Crippen LogP contribution in [0.15, 0.2) is 72.8 Å². The van der Waals surface area contributed by atoms with Crippen LogP contribution in [-0.4, -0.2) is 6.61 Å². The maximum Gasteiger partial charge on any atom is 0.134 e. The average Bonchev–Trinajstić information content (AvgIpc) is 2.89. The number of aryl methyl sites for hydroxylation is 1. The van der Waals surface area contributed by atoms with Gasteiger partial charge in [-0.3, -0.25) is 0 Å². The molecule has 1 aliphatic carbocycles. The molecule has 0 aliphatic heterocycles. The van der Waals surface area contributed by atoms with Gasteiger partial charge in [0.1, 0.15) is 11.6 Å². The number of ether oxygens (including phenoxy) is 1. The monoisotopic (exact) mass is 470 g/mol. The predicted octanol–water partition coefficient (Wildman–Crippen LogP) is 9.33. The standard InChI is InChI=1S/C33H39FO/c1-3-35-32-22-21-31(33(34)24-32)20-19-28-13-11-26(12-14-28)9-10-27-15-17-29(18-16-27)23-25(2)30-7-5-4-6-8-30/h4-8,11-14,19-22,24-25,27,29H,3,9-10,15-18,23H2,1-2H3/t25-,27?,29?/m1/s1. The summed E-state index contributed by atoms with van der Waals surface area (Å²) in [5.41, 5.74) is 4.55. The van der Waals surface area contributed by atoms with Crippen molar-refractivity contribution in [3.63, 3.8) is 0 Å². The summed E-state index contributed by atoms with van der Waals surface area (Å²) in [6.07, 6.45) is 13.1. The van der Waals surface area contributed by atoms with E-state index in [1.807, 2.05) is 25.1 Å². The van der Waals surface area contributed by atoms with Crippen LogP contribution in [0.1, 0.15) is 80.5 Å². The zero-order chi connectivity index (χ0) is 24.5. The number of hydrogen-bond donors (Lipinski definition) is 0. The SMILES string of the molecule is CCOc1ccc(C=Cc2ccc(CCC3CCC(C[C@@H](C)c4ccccc4)CC3)cc2)c(F)c1. The number of halogens is 1. The second-order valence-electron chi connectivity index (χ2n) is 10.2. The summed E-state index contributed by atoms with van der Waals surface area (Å²) in [6, 6.07) is 24.7. The number of benzene rings is 3. The van der Waals surface area contributed by atoms with Gasteiger partial charge in [-0.2, -0.15) is 0 Å². The van der Waals surface area contributed by atoms with Gasteiger partial charge in [0.15, 0.2) is 0 Å². The van der Waals surface area contributed by atoms with Gasteiger partial charge >= 0.3 is 0 Å². The first-order valence-electron chi connectivity index (χ1n) is 13.3. The van der Waals surface area contributed by atoms with Crippen LogP contribution in [0.2, 0.25) is 0 Å². The Hall–Kier alpha value is -2.87. The molecule has 4 rings (SSSR count). The Balaban J connectivity index is 1.20. The van der Waals surface area contributed by atoms with Crippen molar-refractivity contribution < 1.29 is 9.13 Å². The Kier molecular flexibility index (Phi) is 9.17. The highest BCUT2D eigenvalue weighted by atomic mass is 19.1. The minimum Gasteiger partial charge on any atom is -0.494 e. The lowest BCUT2D eigenvalue weighted by Gasteiger charge is -2.30. The van der Waals surface area contributed by atoms with Crippen LogP contribution >= 0.6 is 0 Å². The molecule has 1 aliphatic rings. The second-order valence-corrected chi connectivity index (χ2v) is 10.2. The third-order valence-corrected chi connectivity index (χ3v) is 7.58. The molecule has 0 amide bonds. The molecule has 0 radical (unpaired) electrons. The average molecular weight is 471 g/mol. The normalized spacial score (nSPS) is 19.1. The summed E-state index contributed by atoms with van der Waals surface area (Å²) < 4.78 is 19.6. The molecule has 0 N–H and O–H groups in total. The van der Waals surface area contributed by atoms with Gasteiger partial charge in [0.05, 0.1) is 6.61 Å². The summed E-state index contributed by atoms with van der Waals surface area (Å²) in [7, 11) is 0. The molecule has 1 fully saturated rings. The number of rotatable bonds is 10. The van der Waals surface area contributed by atoms with E-state index in [0.29, 0.717) is 23.8 Å². The van der Waals surface area contributed by atoms with Crippen LogP contribution in [-0.2, 0) is 6.42 Å². The third kappa shape index (κ3) is 7.56. The molecule has 1 nitrogen and oxygen atoms in total. The topological polar surface area (TPSA) is 9.23 Å². The zero-order valence-electron chi connectivity index (χ0n) is 21.3. The Morgan fingerprint density at radius 3 is 2.29 bits per heavy atom. The Morgan fingerprint density at radius 1 is 0.886 bits per heavy atom. The van der Waals surface area contributed by atoms with E-state index < -0.39 is 0 Å². The smallest absolute Gasteiger partial charge is 0.134 e. The van der Waals surface area contributed by atoms with Crippen molar-refractivity contribution in [1.29, 1.82) is 0 Å². The van der Waals surface area contributed by atoms with Crippen LogP contribution < -0.4 is 4.74 Å². The molecular formula is C33H39FO. The Bertz CT molecular complexity index is 1060. The Morgan fingerprint density at radius 2 is 1.60 bits per heavy atom. The summed E-state index contributed by atoms with van der Waals surface area (Å²) in [4.78, 5) is 0. The van der Waals surface area contributed by atoms with Crippen LogP contribution in [0.5, 0.6) is 5.75 Å². The predicted molar refractivity (Wildman–Crippen MR) is 146 cm³/mol. The van der Waals surface area contributed by atoms with Crippen molar-refractivity contribution in [2.45, 2.75) is 64.7 Å². The fourth-order valence-corrected chi connectivity index (χ4v) is 5.43. The third-order valence-electron chi connectivity index (χ3n) is 7.58. The van der Waals surface area contributed by atoms with Crippen molar-refractivity contribution in [2.24, 2.45) is 11.8 Å². The molecule has 1 saturated carbocycles. The van der Waals surface area contributed by atoms with Gasteiger partial charge in [-0.15, -0.1) is 0 Å². The van der Waals surface area contributed by atoms with Gasteiger partial charge in [-0.25, -0.2) is 4.39 Å². The van der Waals surface area contributed by atoms with E-state index in [9.17, 15) is 4.39 Å². The van der Waals surface area contributed by atoms with E-state index in [1.54, 1.807) is 6.07 Å². The van der Waals surface area contributed by atoms with E-state index in [2.05, 4.69) is 61.5 Å². The molecule has 0 aromatic heterocycles. The lowest BCUT2D eigenvalue weighted by atomic mass is 9.76. The summed E-state index contributed by atoms with van der Waals surface area (Å²) in [6.45, 7) is 4.82. The molecule has 1 atom stereocenters. The van der Waals surface area contributed by atoms with E-state index in [1.165, 1.54) is 55.7 Å². The highest BCUT2D eigenvalue weighted by Gasteiger charge is 2.23. The lowest BCUT2D eigenvalue weighted by molar-refractivity contribution is 0.245. The molecule has 3 aromatic carbocycles. The highest BCUT2D eigenvalue weighted by molar-refractivity contribution is 5.70.